The SMILES string of the molecule is CC1CC(=N)C1C. The van der Waals surface area contributed by atoms with Gasteiger partial charge in [-0.25, -0.2) is 0 Å². The normalized spacial score (nSPS) is 40.6. The van der Waals surface area contributed by atoms with Gasteiger partial charge >= 0.3 is 0 Å². The van der Waals surface area contributed by atoms with Gasteiger partial charge in [-0.15, -0.1) is 0 Å². The van der Waals surface area contributed by atoms with Crippen LogP contribution in [0.1, 0.15) is 20.3 Å². The fourth-order valence-electron chi connectivity index (χ4n) is 0.893. The fraction of sp³-hybridized carbons (Fsp3) is 0.833. The molecule has 0 aromatic rings. The molecule has 1 saturated carbocycles. The summed E-state index contributed by atoms with van der Waals surface area (Å²) in [5, 5.41) is 7.17. The van der Waals surface area contributed by atoms with E-state index in [0.717, 1.165) is 18.1 Å². The second-order valence-electron chi connectivity index (χ2n) is 2.50. The molecule has 0 aromatic heterocycles. The maximum absolute atomic E-state index is 7.17. The van der Waals surface area contributed by atoms with E-state index in [4.69, 9.17) is 5.41 Å². The molecule has 0 aliphatic heterocycles. The second-order valence-corrected chi connectivity index (χ2v) is 2.50. The van der Waals surface area contributed by atoms with Crippen LogP contribution in [-0.4, -0.2) is 5.71 Å². The van der Waals surface area contributed by atoms with Gasteiger partial charge in [0, 0.05) is 5.71 Å². The van der Waals surface area contributed by atoms with Crippen molar-refractivity contribution < 1.29 is 0 Å². The van der Waals surface area contributed by atoms with Crippen molar-refractivity contribution in [1.82, 2.24) is 0 Å². The molecule has 40 valence electrons. The summed E-state index contributed by atoms with van der Waals surface area (Å²) in [5.41, 5.74) is 0.938. The van der Waals surface area contributed by atoms with Crippen molar-refractivity contribution in [3.8, 4) is 0 Å². The topological polar surface area (TPSA) is 23.9 Å². The Morgan fingerprint density at radius 3 is 2.14 bits per heavy atom. The molecule has 1 nitrogen and oxygen atoms in total. The fourth-order valence-corrected chi connectivity index (χ4v) is 0.893. The van der Waals surface area contributed by atoms with Crippen LogP contribution >= 0.6 is 0 Å². The average molecular weight is 97.2 g/mol. The molecule has 1 aliphatic rings. The Labute approximate surface area is 44.2 Å². The Balaban J connectivity index is 2.43. The Kier molecular flexibility index (Phi) is 0.911. The zero-order valence-electron chi connectivity index (χ0n) is 4.86. The van der Waals surface area contributed by atoms with Crippen molar-refractivity contribution in [1.29, 1.82) is 5.41 Å². The molecule has 0 spiro atoms. The Bertz CT molecular complexity index is 96.4. The van der Waals surface area contributed by atoms with Crippen LogP contribution in [0.2, 0.25) is 0 Å². The van der Waals surface area contributed by atoms with E-state index in [1.54, 1.807) is 0 Å². The van der Waals surface area contributed by atoms with Crippen molar-refractivity contribution in [2.45, 2.75) is 20.3 Å². The third-order valence-corrected chi connectivity index (χ3v) is 1.95. The molecular weight excluding hydrogens is 86.1 g/mol. The summed E-state index contributed by atoms with van der Waals surface area (Å²) >= 11 is 0. The maximum atomic E-state index is 7.17. The highest BCUT2D eigenvalue weighted by molar-refractivity contribution is 5.89. The first-order chi connectivity index (χ1) is 3.22. The lowest BCUT2D eigenvalue weighted by molar-refractivity contribution is 0.416. The molecule has 0 amide bonds. The van der Waals surface area contributed by atoms with E-state index in [1.165, 1.54) is 0 Å². The standard InChI is InChI=1S/C6H11N/c1-4-3-6(7)5(4)2/h4-5,7H,3H2,1-2H3. The highest BCUT2D eigenvalue weighted by atomic mass is 14.5. The van der Waals surface area contributed by atoms with Gasteiger partial charge in [0.05, 0.1) is 0 Å². The molecule has 0 heterocycles. The maximum Gasteiger partial charge on any atom is 0.0123 e. The van der Waals surface area contributed by atoms with Crippen LogP contribution in [0.3, 0.4) is 0 Å². The Morgan fingerprint density at radius 2 is 2.14 bits per heavy atom. The minimum absolute atomic E-state index is 0.583. The number of rotatable bonds is 0. The van der Waals surface area contributed by atoms with Crippen molar-refractivity contribution in [3.05, 3.63) is 0 Å². The van der Waals surface area contributed by atoms with Gasteiger partial charge in [0.25, 0.3) is 0 Å². The van der Waals surface area contributed by atoms with Crippen LogP contribution in [-0.2, 0) is 0 Å². The number of nitrogens with one attached hydrogen (secondary N) is 1. The lowest BCUT2D eigenvalue weighted by atomic mass is 9.74. The first-order valence-electron chi connectivity index (χ1n) is 2.79. The van der Waals surface area contributed by atoms with Crippen molar-refractivity contribution >= 4 is 5.71 Å². The van der Waals surface area contributed by atoms with Gasteiger partial charge in [-0.1, -0.05) is 13.8 Å². The molecule has 1 rings (SSSR count). The van der Waals surface area contributed by atoms with Gasteiger partial charge in [0.2, 0.25) is 0 Å². The third-order valence-electron chi connectivity index (χ3n) is 1.95. The largest absolute Gasteiger partial charge is 0.309 e. The van der Waals surface area contributed by atoms with E-state index in [2.05, 4.69) is 13.8 Å². The van der Waals surface area contributed by atoms with E-state index in [0.29, 0.717) is 5.92 Å². The predicted molar refractivity (Wildman–Crippen MR) is 30.7 cm³/mol. The molecule has 1 aliphatic carbocycles. The average Bonchev–Trinajstić information content (AvgIpc) is 1.68. The zero-order valence-corrected chi connectivity index (χ0v) is 4.86. The first kappa shape index (κ1) is 4.82. The van der Waals surface area contributed by atoms with Crippen LogP contribution in [0.5, 0.6) is 0 Å². The van der Waals surface area contributed by atoms with Crippen LogP contribution in [0, 0.1) is 17.2 Å². The van der Waals surface area contributed by atoms with Gasteiger partial charge in [-0.3, -0.25) is 0 Å². The van der Waals surface area contributed by atoms with Crippen LogP contribution < -0.4 is 0 Å². The summed E-state index contributed by atoms with van der Waals surface area (Å²) < 4.78 is 0. The van der Waals surface area contributed by atoms with E-state index in [-0.39, 0.29) is 0 Å². The van der Waals surface area contributed by atoms with Gasteiger partial charge in [-0.05, 0) is 18.3 Å². The number of hydrogen-bond donors (Lipinski definition) is 1. The zero-order chi connectivity index (χ0) is 5.44. The molecule has 0 aromatic carbocycles. The van der Waals surface area contributed by atoms with Gasteiger partial charge in [0.1, 0.15) is 0 Å². The molecule has 1 fully saturated rings. The minimum Gasteiger partial charge on any atom is -0.309 e. The monoisotopic (exact) mass is 97.1 g/mol. The molecule has 7 heavy (non-hydrogen) atoms. The van der Waals surface area contributed by atoms with Crippen LogP contribution in [0.25, 0.3) is 0 Å². The van der Waals surface area contributed by atoms with Crippen LogP contribution in [0.4, 0.5) is 0 Å². The third kappa shape index (κ3) is 0.561. The van der Waals surface area contributed by atoms with E-state index < -0.39 is 0 Å². The second kappa shape index (κ2) is 1.32. The quantitative estimate of drug-likeness (QED) is 0.475. The molecular formula is C6H11N. The van der Waals surface area contributed by atoms with E-state index >= 15 is 0 Å². The lowest BCUT2D eigenvalue weighted by Gasteiger charge is -2.31. The number of hydrogen-bond acceptors (Lipinski definition) is 1. The summed E-state index contributed by atoms with van der Waals surface area (Å²) in [5.74, 6) is 1.37. The minimum atomic E-state index is 0.583. The summed E-state index contributed by atoms with van der Waals surface area (Å²) in [7, 11) is 0. The summed E-state index contributed by atoms with van der Waals surface area (Å²) in [6, 6.07) is 0. The van der Waals surface area contributed by atoms with Gasteiger partial charge in [0.15, 0.2) is 0 Å². The van der Waals surface area contributed by atoms with Gasteiger partial charge in [-0.2, -0.15) is 0 Å². The predicted octanol–water partition coefficient (Wildman–Crippen LogP) is 1.68. The summed E-state index contributed by atoms with van der Waals surface area (Å²) in [4.78, 5) is 0. The van der Waals surface area contributed by atoms with Crippen molar-refractivity contribution in [2.75, 3.05) is 0 Å². The van der Waals surface area contributed by atoms with Crippen molar-refractivity contribution in [2.24, 2.45) is 11.8 Å². The van der Waals surface area contributed by atoms with Crippen molar-refractivity contribution in [3.63, 3.8) is 0 Å². The smallest absolute Gasteiger partial charge is 0.0123 e. The Hall–Kier alpha value is -0.330. The van der Waals surface area contributed by atoms with Gasteiger partial charge < -0.3 is 5.41 Å². The molecule has 0 radical (unpaired) electrons. The van der Waals surface area contributed by atoms with Crippen LogP contribution in [0.15, 0.2) is 0 Å². The summed E-state index contributed by atoms with van der Waals surface area (Å²) in [6.45, 7) is 4.32. The molecule has 0 bridgehead atoms. The first-order valence-corrected chi connectivity index (χ1v) is 2.79. The van der Waals surface area contributed by atoms with E-state index in [1.807, 2.05) is 0 Å². The highest BCUT2D eigenvalue weighted by Crippen LogP contribution is 2.28. The summed E-state index contributed by atoms with van der Waals surface area (Å²) in [6.07, 6.45) is 1.04. The lowest BCUT2D eigenvalue weighted by Crippen LogP contribution is -2.31. The molecule has 2 unspecified atom stereocenters. The van der Waals surface area contributed by atoms with E-state index in [9.17, 15) is 0 Å². The molecule has 1 heteroatoms. The Morgan fingerprint density at radius 1 is 1.57 bits per heavy atom. The molecule has 0 saturated heterocycles. The molecule has 2 atom stereocenters. The highest BCUT2D eigenvalue weighted by Gasteiger charge is 2.27. The molecule has 1 N–H and O–H groups in total.